The lowest BCUT2D eigenvalue weighted by molar-refractivity contribution is -0.314. The lowest BCUT2D eigenvalue weighted by Gasteiger charge is -2.44. The molecule has 0 N–H and O–H groups in total. The molecule has 12 nitrogen and oxygen atoms in total. The van der Waals surface area contributed by atoms with Crippen molar-refractivity contribution in [3.63, 3.8) is 0 Å². The standard InChI is InChI=1S/C49H70N2O10S/c1-10-31-17-14-18-39(61-41-20-19-38(27(3)57-41)51(6)25-30-15-12-11-13-16-30)26(2)44(53)36-23-34-33-21-32(60-49-47(56-9)46(55-8)45(54-7)28(4)58-49)22-37(33)48-43(50-29(5)62-48)42(34)35(36)24-40(52)59-31/h11-13,15-16,23,26-28,31-35,37-39,41-42,45-47,49H,10,14,17-22,24-25H2,1-9H3/t26-,27?,28?,31+,32+,33+,34+,35-,37-,38+,39+,41+,42-,45+,46?,47?,49+/m1/s1. The Kier molecular flexibility index (Phi) is 14.7. The Balaban J connectivity index is 1.04. The summed E-state index contributed by atoms with van der Waals surface area (Å²) in [5, 5.41) is 0.995. The van der Waals surface area contributed by atoms with Crippen LogP contribution in [0.1, 0.15) is 118 Å². The molecule has 3 aliphatic heterocycles. The van der Waals surface area contributed by atoms with Crippen LogP contribution in [-0.2, 0) is 54.0 Å². The van der Waals surface area contributed by atoms with Crippen molar-refractivity contribution in [1.29, 1.82) is 0 Å². The van der Waals surface area contributed by atoms with E-state index >= 15 is 4.79 Å². The van der Waals surface area contributed by atoms with Crippen LogP contribution < -0.4 is 0 Å². The third kappa shape index (κ3) is 9.27. The van der Waals surface area contributed by atoms with Gasteiger partial charge in [-0.05, 0) is 102 Å². The van der Waals surface area contributed by atoms with E-state index in [1.54, 1.807) is 32.7 Å². The number of nitrogens with zero attached hydrogens (tertiary/aromatic N) is 2. The van der Waals surface area contributed by atoms with Crippen LogP contribution in [0.25, 0.3) is 0 Å². The first-order chi connectivity index (χ1) is 29.9. The van der Waals surface area contributed by atoms with Gasteiger partial charge in [-0.1, -0.05) is 50.3 Å². The van der Waals surface area contributed by atoms with Gasteiger partial charge in [0.25, 0.3) is 0 Å². The fraction of sp³-hybridized carbons (Fsp3) is 0.735. The van der Waals surface area contributed by atoms with Gasteiger partial charge in [-0.15, -0.1) is 11.3 Å². The highest BCUT2D eigenvalue weighted by Gasteiger charge is 2.57. The van der Waals surface area contributed by atoms with E-state index in [4.69, 9.17) is 42.9 Å². The van der Waals surface area contributed by atoms with E-state index in [1.165, 1.54) is 10.4 Å². The van der Waals surface area contributed by atoms with E-state index in [9.17, 15) is 4.79 Å². The maximum absolute atomic E-state index is 15.1. The number of fused-ring (bicyclic) bond motifs is 8. The summed E-state index contributed by atoms with van der Waals surface area (Å²) in [6.45, 7) is 11.1. The summed E-state index contributed by atoms with van der Waals surface area (Å²) in [5.41, 5.74) is 3.04. The zero-order valence-corrected chi connectivity index (χ0v) is 39.1. The van der Waals surface area contributed by atoms with Crippen molar-refractivity contribution in [3.05, 3.63) is 63.1 Å². The highest BCUT2D eigenvalue weighted by molar-refractivity contribution is 7.11. The molecule has 2 aromatic rings. The monoisotopic (exact) mass is 878 g/mol. The van der Waals surface area contributed by atoms with Crippen LogP contribution in [0.5, 0.6) is 0 Å². The number of carbonyl (C=O) groups excluding carboxylic acids is 2. The topological polar surface area (TPSA) is 124 Å². The van der Waals surface area contributed by atoms with Crippen LogP contribution in [0.15, 0.2) is 42.0 Å². The van der Waals surface area contributed by atoms with Crippen LogP contribution in [0.2, 0.25) is 0 Å². The van der Waals surface area contributed by atoms with Crippen molar-refractivity contribution >= 4 is 23.1 Å². The van der Waals surface area contributed by atoms with Crippen molar-refractivity contribution < 1.29 is 47.5 Å². The molecule has 0 radical (unpaired) electrons. The van der Waals surface area contributed by atoms with Gasteiger partial charge in [-0.25, -0.2) is 4.98 Å². The van der Waals surface area contributed by atoms with Gasteiger partial charge in [0.15, 0.2) is 18.4 Å². The van der Waals surface area contributed by atoms with Gasteiger partial charge in [-0.3, -0.25) is 14.5 Å². The maximum atomic E-state index is 15.1. The average molecular weight is 879 g/mol. The highest BCUT2D eigenvalue weighted by Crippen LogP contribution is 2.62. The van der Waals surface area contributed by atoms with Gasteiger partial charge >= 0.3 is 5.97 Å². The highest BCUT2D eigenvalue weighted by atomic mass is 32.1. The molecule has 3 saturated heterocycles. The number of ketones is 1. The van der Waals surface area contributed by atoms with Crippen molar-refractivity contribution in [3.8, 4) is 0 Å². The Morgan fingerprint density at radius 1 is 0.871 bits per heavy atom. The van der Waals surface area contributed by atoms with E-state index in [-0.39, 0.29) is 96.5 Å². The molecule has 17 atom stereocenters. The summed E-state index contributed by atoms with van der Waals surface area (Å²) >= 11 is 1.75. The summed E-state index contributed by atoms with van der Waals surface area (Å²) in [4.78, 5) is 37.9. The Hall–Kier alpha value is -2.59. The normalized spacial score (nSPS) is 40.1. The number of benzene rings is 1. The summed E-state index contributed by atoms with van der Waals surface area (Å²) in [6.07, 6.45) is 5.46. The molecule has 62 heavy (non-hydrogen) atoms. The van der Waals surface area contributed by atoms with Crippen molar-refractivity contribution in [1.82, 2.24) is 9.88 Å². The third-order valence-electron chi connectivity index (χ3n) is 15.2. The summed E-state index contributed by atoms with van der Waals surface area (Å²) in [6, 6.07) is 10.8. The zero-order chi connectivity index (χ0) is 43.8. The van der Waals surface area contributed by atoms with E-state index in [1.807, 2.05) is 19.9 Å². The minimum absolute atomic E-state index is 0.0133. The Labute approximate surface area is 372 Å². The number of esters is 1. The predicted octanol–water partition coefficient (Wildman–Crippen LogP) is 7.90. The number of hydrogen-bond donors (Lipinski definition) is 0. The maximum Gasteiger partial charge on any atom is 0.306 e. The molecule has 342 valence electrons. The Morgan fingerprint density at radius 2 is 1.63 bits per heavy atom. The van der Waals surface area contributed by atoms with Crippen LogP contribution in [0.4, 0.5) is 0 Å². The quantitative estimate of drug-likeness (QED) is 0.204. The van der Waals surface area contributed by atoms with Crippen LogP contribution in [0, 0.1) is 30.6 Å². The summed E-state index contributed by atoms with van der Waals surface area (Å²) in [5.74, 6) is -0.653. The molecule has 4 heterocycles. The van der Waals surface area contributed by atoms with E-state index in [0.717, 1.165) is 67.8 Å². The van der Waals surface area contributed by atoms with Gasteiger partial charge < -0.3 is 37.9 Å². The number of likely N-dealkylation sites (N-methyl/N-ethyl adjacent to an activating group) is 1. The van der Waals surface area contributed by atoms with Crippen molar-refractivity contribution in [2.75, 3.05) is 28.4 Å². The Bertz CT molecular complexity index is 1880. The first-order valence-corrected chi connectivity index (χ1v) is 24.1. The fourth-order valence-corrected chi connectivity index (χ4v) is 13.2. The van der Waals surface area contributed by atoms with E-state index in [2.05, 4.69) is 63.1 Å². The summed E-state index contributed by atoms with van der Waals surface area (Å²) in [7, 11) is 7.15. The van der Waals surface area contributed by atoms with Crippen molar-refractivity contribution in [2.24, 2.45) is 23.7 Å². The average Bonchev–Trinajstić information content (AvgIpc) is 3.96. The molecular formula is C49H70N2O10S. The van der Waals surface area contributed by atoms with Gasteiger partial charge in [0.1, 0.15) is 24.4 Å². The number of hydrogen-bond acceptors (Lipinski definition) is 13. The number of carbonyl (C=O) groups is 2. The zero-order valence-electron chi connectivity index (χ0n) is 38.2. The number of allylic oxidation sites excluding steroid dienone is 2. The molecule has 0 spiro atoms. The molecule has 1 aromatic heterocycles. The number of aryl methyl sites for hydroxylation is 1. The van der Waals surface area contributed by atoms with Gasteiger partial charge in [0.05, 0.1) is 41.5 Å². The number of Topliss-reactive ketones (excluding diaryl/α,β-unsaturated/α-hetero) is 1. The fourth-order valence-electron chi connectivity index (χ4n) is 12.1. The molecule has 1 saturated carbocycles. The molecule has 3 aliphatic carbocycles. The lowest BCUT2D eigenvalue weighted by atomic mass is 9.67. The number of aromatic nitrogens is 1. The molecule has 6 aliphatic rings. The minimum atomic E-state index is -0.635. The molecule has 0 bridgehead atoms. The Morgan fingerprint density at radius 3 is 2.34 bits per heavy atom. The van der Waals surface area contributed by atoms with Gasteiger partial charge in [-0.2, -0.15) is 0 Å². The van der Waals surface area contributed by atoms with Gasteiger partial charge in [0.2, 0.25) is 0 Å². The number of ether oxygens (including phenoxy) is 8. The third-order valence-corrected chi connectivity index (χ3v) is 16.3. The largest absolute Gasteiger partial charge is 0.462 e. The number of methoxy groups -OCH3 is 3. The second-order valence-corrected chi connectivity index (χ2v) is 20.2. The van der Waals surface area contributed by atoms with Crippen LogP contribution in [-0.4, -0.2) is 117 Å². The SMILES string of the molecule is CC[C@H]1CCC[C@H](O[C@H]2CC[C@H](N(C)Cc3ccccc3)C(C)O2)[C@@H](C)C(=O)C2=C[C@H]3[C@@H]4C[C@H](O[C@@H]5OC(C)[C@H](OC)C(OC)C5OC)C[C@H]4c4sc(C)nc4[C@H]3[C@@H]2CC(=O)O1. The minimum Gasteiger partial charge on any atom is -0.462 e. The van der Waals surface area contributed by atoms with Gasteiger partial charge in [0, 0.05) is 62.5 Å². The second kappa shape index (κ2) is 19.9. The first-order valence-electron chi connectivity index (χ1n) is 23.3. The first kappa shape index (κ1) is 46.0. The number of rotatable bonds is 11. The predicted molar refractivity (Wildman–Crippen MR) is 235 cm³/mol. The van der Waals surface area contributed by atoms with Crippen LogP contribution in [0.3, 0.4) is 0 Å². The number of thiazole rings is 1. The van der Waals surface area contributed by atoms with E-state index in [0.29, 0.717) is 6.42 Å². The smallest absolute Gasteiger partial charge is 0.306 e. The number of cyclic esters (lactones) is 1. The molecule has 1 aromatic carbocycles. The summed E-state index contributed by atoms with van der Waals surface area (Å²) < 4.78 is 50.6. The second-order valence-electron chi connectivity index (χ2n) is 18.9. The molecule has 4 unspecified atom stereocenters. The molecule has 0 amide bonds. The molecule has 4 fully saturated rings. The van der Waals surface area contributed by atoms with E-state index < -0.39 is 24.6 Å². The lowest BCUT2D eigenvalue weighted by Crippen LogP contribution is -2.59. The molecule has 8 rings (SSSR count). The van der Waals surface area contributed by atoms with Crippen LogP contribution >= 0.6 is 11.3 Å². The van der Waals surface area contributed by atoms with Crippen molar-refractivity contribution in [2.45, 2.75) is 178 Å². The molecule has 13 heteroatoms. The molecular weight excluding hydrogens is 809 g/mol.